The van der Waals surface area contributed by atoms with Crippen molar-refractivity contribution < 1.29 is 29.0 Å². The molecule has 0 bridgehead atoms. The quantitative estimate of drug-likeness (QED) is 0.252. The molecule has 1 atom stereocenters. The van der Waals surface area contributed by atoms with Gasteiger partial charge in [-0.05, 0) is 66.8 Å². The molecule has 0 aliphatic heterocycles. The van der Waals surface area contributed by atoms with Crippen LogP contribution in [0.4, 0.5) is 15.4 Å². The molecule has 41 heavy (non-hydrogen) atoms. The Hall–Kier alpha value is -4.92. The van der Waals surface area contributed by atoms with Crippen molar-refractivity contribution >= 4 is 34.9 Å². The molecule has 9 nitrogen and oxygen atoms in total. The van der Waals surface area contributed by atoms with Gasteiger partial charge in [0.1, 0.15) is 24.1 Å². The molecule has 0 unspecified atom stereocenters. The number of anilines is 1. The van der Waals surface area contributed by atoms with E-state index in [-0.39, 0.29) is 18.9 Å². The first-order chi connectivity index (χ1) is 19.6. The van der Waals surface area contributed by atoms with Crippen LogP contribution in [0.3, 0.4) is 0 Å². The first kappa shape index (κ1) is 27.6. The van der Waals surface area contributed by atoms with Gasteiger partial charge in [-0.1, -0.05) is 60.7 Å². The van der Waals surface area contributed by atoms with E-state index in [4.69, 9.17) is 9.47 Å². The highest BCUT2D eigenvalue weighted by Crippen LogP contribution is 2.44. The Labute approximate surface area is 237 Å². The molecule has 3 N–H and O–H groups in total. The fourth-order valence-electron chi connectivity index (χ4n) is 5.08. The van der Waals surface area contributed by atoms with E-state index < -0.39 is 29.8 Å². The summed E-state index contributed by atoms with van der Waals surface area (Å²) in [5, 5.41) is 15.7. The van der Waals surface area contributed by atoms with Crippen LogP contribution < -0.4 is 10.6 Å². The fraction of sp³-hybridized carbons (Fsp3) is 0.250. The lowest BCUT2D eigenvalue weighted by atomic mass is 9.98. The van der Waals surface area contributed by atoms with Crippen LogP contribution in [0, 0.1) is 0 Å². The minimum absolute atomic E-state index is 0.0113. The molecule has 2 amide bonds. The van der Waals surface area contributed by atoms with Crippen LogP contribution in [0.15, 0.2) is 78.9 Å². The van der Waals surface area contributed by atoms with Gasteiger partial charge < -0.3 is 19.9 Å². The Balaban J connectivity index is 1.26. The first-order valence-corrected chi connectivity index (χ1v) is 13.3. The maximum atomic E-state index is 12.8. The number of pyridine rings is 1. The van der Waals surface area contributed by atoms with Crippen LogP contribution >= 0.6 is 0 Å². The Morgan fingerprint density at radius 1 is 0.878 bits per heavy atom. The number of aliphatic carboxylic acids is 1. The average Bonchev–Trinajstić information content (AvgIpc) is 3.24. The van der Waals surface area contributed by atoms with E-state index in [1.165, 1.54) is 0 Å². The maximum Gasteiger partial charge on any atom is 0.413 e. The van der Waals surface area contributed by atoms with Crippen molar-refractivity contribution in [1.29, 1.82) is 0 Å². The molecule has 1 heterocycles. The Bertz CT molecular complexity index is 1580. The van der Waals surface area contributed by atoms with Gasteiger partial charge in [0.15, 0.2) is 0 Å². The summed E-state index contributed by atoms with van der Waals surface area (Å²) in [5.41, 5.74) is 4.93. The zero-order chi connectivity index (χ0) is 29.1. The van der Waals surface area contributed by atoms with Crippen LogP contribution in [0.5, 0.6) is 0 Å². The van der Waals surface area contributed by atoms with E-state index in [0.29, 0.717) is 22.3 Å². The van der Waals surface area contributed by atoms with E-state index in [1.807, 2.05) is 48.5 Å². The number of carboxylic acids is 1. The number of carbonyl (C=O) groups excluding carboxylic acids is 2. The molecule has 0 radical (unpaired) electrons. The molecule has 0 fully saturated rings. The number of nitrogens with one attached hydrogen (secondary N) is 2. The van der Waals surface area contributed by atoms with Crippen molar-refractivity contribution in [1.82, 2.24) is 10.3 Å². The maximum absolute atomic E-state index is 12.8. The van der Waals surface area contributed by atoms with Gasteiger partial charge in [-0.25, -0.2) is 19.4 Å². The van der Waals surface area contributed by atoms with Crippen molar-refractivity contribution in [3.63, 3.8) is 0 Å². The Morgan fingerprint density at radius 3 is 2.17 bits per heavy atom. The molecule has 4 aromatic rings. The minimum atomic E-state index is -1.23. The summed E-state index contributed by atoms with van der Waals surface area (Å²) in [7, 11) is 0. The second kappa shape index (κ2) is 11.3. The number of nitrogens with zero attached hydrogens (tertiary/aromatic N) is 1. The molecule has 1 aliphatic carbocycles. The molecule has 5 rings (SSSR count). The van der Waals surface area contributed by atoms with Crippen molar-refractivity contribution in [2.45, 2.75) is 44.8 Å². The number of carbonyl (C=O) groups is 3. The zero-order valence-electron chi connectivity index (χ0n) is 23.0. The first-order valence-electron chi connectivity index (χ1n) is 13.3. The minimum Gasteiger partial charge on any atom is -0.480 e. The van der Waals surface area contributed by atoms with Gasteiger partial charge in [0.05, 0.1) is 5.52 Å². The van der Waals surface area contributed by atoms with Crippen LogP contribution in [0.2, 0.25) is 0 Å². The van der Waals surface area contributed by atoms with E-state index in [2.05, 4.69) is 15.6 Å². The Kier molecular flexibility index (Phi) is 7.61. The number of aromatic nitrogens is 1. The topological polar surface area (TPSA) is 127 Å². The van der Waals surface area contributed by atoms with Crippen molar-refractivity contribution in [3.05, 3.63) is 95.6 Å². The summed E-state index contributed by atoms with van der Waals surface area (Å²) in [6, 6.07) is 23.4. The van der Waals surface area contributed by atoms with Crippen molar-refractivity contribution in [2.75, 3.05) is 11.9 Å². The van der Waals surface area contributed by atoms with E-state index in [1.54, 1.807) is 51.1 Å². The molecular weight excluding hydrogens is 522 g/mol. The summed E-state index contributed by atoms with van der Waals surface area (Å²) in [6.07, 6.45) is -1.42. The second-order valence-corrected chi connectivity index (χ2v) is 10.9. The number of hydrogen-bond acceptors (Lipinski definition) is 6. The van der Waals surface area contributed by atoms with Gasteiger partial charge in [-0.2, -0.15) is 0 Å². The van der Waals surface area contributed by atoms with Gasteiger partial charge in [0.25, 0.3) is 0 Å². The SMILES string of the molecule is CC(C)(C)OC(=O)Nc1ccc2c(C[C@@H](NC(=O)OCC3c4ccccc4-c4ccccc43)C(=O)O)cccc2n1. The van der Waals surface area contributed by atoms with Gasteiger partial charge in [-0.3, -0.25) is 5.32 Å². The fourth-order valence-corrected chi connectivity index (χ4v) is 5.08. The Morgan fingerprint density at radius 2 is 1.54 bits per heavy atom. The average molecular weight is 554 g/mol. The normalized spacial score (nSPS) is 13.1. The highest BCUT2D eigenvalue weighted by Gasteiger charge is 2.30. The van der Waals surface area contributed by atoms with Crippen LogP contribution in [-0.4, -0.2) is 46.5 Å². The van der Waals surface area contributed by atoms with Crippen LogP contribution in [0.1, 0.15) is 43.4 Å². The third-order valence-electron chi connectivity index (χ3n) is 6.81. The van der Waals surface area contributed by atoms with E-state index in [0.717, 1.165) is 22.3 Å². The number of hydrogen-bond donors (Lipinski definition) is 3. The van der Waals surface area contributed by atoms with Crippen LogP contribution in [-0.2, 0) is 20.7 Å². The van der Waals surface area contributed by atoms with E-state index >= 15 is 0 Å². The van der Waals surface area contributed by atoms with E-state index in [9.17, 15) is 19.5 Å². The lowest BCUT2D eigenvalue weighted by Crippen LogP contribution is -2.43. The molecule has 210 valence electrons. The lowest BCUT2D eigenvalue weighted by Gasteiger charge is -2.19. The summed E-state index contributed by atoms with van der Waals surface area (Å²) in [5.74, 6) is -1.02. The number of carboxylic acid groups (broad SMARTS) is 1. The zero-order valence-corrected chi connectivity index (χ0v) is 23.0. The van der Waals surface area contributed by atoms with Crippen molar-refractivity contribution in [2.24, 2.45) is 0 Å². The third-order valence-corrected chi connectivity index (χ3v) is 6.81. The summed E-state index contributed by atoms with van der Waals surface area (Å²) >= 11 is 0. The summed E-state index contributed by atoms with van der Waals surface area (Å²) in [4.78, 5) is 41.5. The summed E-state index contributed by atoms with van der Waals surface area (Å²) < 4.78 is 10.8. The highest BCUT2D eigenvalue weighted by molar-refractivity contribution is 5.89. The molecule has 9 heteroatoms. The van der Waals surface area contributed by atoms with Gasteiger partial charge >= 0.3 is 18.2 Å². The number of ether oxygens (including phenoxy) is 2. The largest absolute Gasteiger partial charge is 0.480 e. The van der Waals surface area contributed by atoms with Crippen LogP contribution in [0.25, 0.3) is 22.0 Å². The smallest absolute Gasteiger partial charge is 0.413 e. The predicted octanol–water partition coefficient (Wildman–Crippen LogP) is 6.12. The number of alkyl carbamates (subject to hydrolysis) is 1. The molecule has 1 aliphatic rings. The number of fused-ring (bicyclic) bond motifs is 4. The second-order valence-electron chi connectivity index (χ2n) is 10.9. The van der Waals surface area contributed by atoms with Gasteiger partial charge in [0.2, 0.25) is 0 Å². The van der Waals surface area contributed by atoms with Gasteiger partial charge in [-0.15, -0.1) is 0 Å². The lowest BCUT2D eigenvalue weighted by molar-refractivity contribution is -0.139. The molecule has 3 aromatic carbocycles. The number of amides is 2. The van der Waals surface area contributed by atoms with Crippen molar-refractivity contribution in [3.8, 4) is 11.1 Å². The molecule has 0 spiro atoms. The number of rotatable bonds is 7. The standard InChI is InChI=1S/C32H31N3O6/c1-32(2,3)41-31(39)35-28-16-15-20-19(9-8-14-26(20)33-28)17-27(29(36)37)34-30(38)40-18-25-23-12-6-4-10-21(23)22-11-5-7-13-24(22)25/h4-16,25,27H,17-18H2,1-3H3,(H,34,38)(H,36,37)(H,33,35,39)/t27-/m1/s1. The highest BCUT2D eigenvalue weighted by atomic mass is 16.6. The molecular formula is C32H31N3O6. The predicted molar refractivity (Wildman–Crippen MR) is 155 cm³/mol. The molecule has 0 saturated heterocycles. The molecule has 1 aromatic heterocycles. The van der Waals surface area contributed by atoms with Gasteiger partial charge in [0, 0.05) is 17.7 Å². The molecule has 0 saturated carbocycles. The number of benzene rings is 3. The third kappa shape index (κ3) is 6.30. The summed E-state index contributed by atoms with van der Waals surface area (Å²) in [6.45, 7) is 5.38. The monoisotopic (exact) mass is 553 g/mol.